The minimum Gasteiger partial charge on any atom is -0.271 e. The number of hydrogen-bond donors (Lipinski definition) is 1. The summed E-state index contributed by atoms with van der Waals surface area (Å²) in [4.78, 5) is 13.2. The minimum atomic E-state index is -0.757. The highest BCUT2D eigenvalue weighted by Crippen LogP contribution is 2.16. The quantitative estimate of drug-likeness (QED) is 0.361. The molecule has 0 spiro atoms. The normalized spacial score (nSPS) is 11.6. The van der Waals surface area contributed by atoms with Gasteiger partial charge in [-0.25, -0.2) is 14.5 Å². The summed E-state index contributed by atoms with van der Waals surface area (Å²) in [5.41, 5.74) is 5.83. The van der Waals surface area contributed by atoms with E-state index < -0.39 is 6.04 Å². The molecule has 7 nitrogen and oxygen atoms in total. The van der Waals surface area contributed by atoms with Gasteiger partial charge < -0.3 is 0 Å². The summed E-state index contributed by atoms with van der Waals surface area (Å²) in [6.45, 7) is 1.72. The van der Waals surface area contributed by atoms with Gasteiger partial charge in [0.05, 0.1) is 5.71 Å². The number of aromatic nitrogens is 4. The van der Waals surface area contributed by atoms with Crippen molar-refractivity contribution in [3.8, 4) is 0 Å². The first-order valence-corrected chi connectivity index (χ1v) is 10.1. The van der Waals surface area contributed by atoms with E-state index in [2.05, 4.69) is 26.1 Å². The van der Waals surface area contributed by atoms with Crippen LogP contribution in [0, 0.1) is 12.7 Å². The molecule has 1 heterocycles. The summed E-state index contributed by atoms with van der Waals surface area (Å²) in [6, 6.07) is 24.5. The van der Waals surface area contributed by atoms with Crippen molar-refractivity contribution in [1.29, 1.82) is 0 Å². The Labute approximate surface area is 184 Å². The van der Waals surface area contributed by atoms with Crippen LogP contribution in [0.2, 0.25) is 0 Å². The Balaban J connectivity index is 1.64. The first kappa shape index (κ1) is 21.0. The van der Waals surface area contributed by atoms with Gasteiger partial charge in [0.1, 0.15) is 17.7 Å². The van der Waals surface area contributed by atoms with Gasteiger partial charge in [-0.05, 0) is 35.0 Å². The molecule has 8 heteroatoms. The molecule has 0 aliphatic rings. The van der Waals surface area contributed by atoms with Gasteiger partial charge in [-0.3, -0.25) is 4.79 Å². The van der Waals surface area contributed by atoms with Crippen LogP contribution < -0.4 is 5.43 Å². The monoisotopic (exact) mass is 428 g/mol. The molecule has 1 aromatic heterocycles. The van der Waals surface area contributed by atoms with E-state index in [0.717, 1.165) is 16.7 Å². The highest BCUT2D eigenvalue weighted by atomic mass is 19.1. The third kappa shape index (κ3) is 4.92. The molecule has 4 aromatic rings. The SMILES string of the molecule is Cc1nnnn1C(Cc1ccc(F)cc1)C(=O)NN=C(c1ccccc1)c1ccccc1. The second-order valence-electron chi connectivity index (χ2n) is 7.19. The van der Waals surface area contributed by atoms with E-state index in [1.165, 1.54) is 16.8 Å². The molecular weight excluding hydrogens is 407 g/mol. The molecule has 0 fully saturated rings. The number of nitrogens with zero attached hydrogens (tertiary/aromatic N) is 5. The molecule has 0 saturated carbocycles. The minimum absolute atomic E-state index is 0.277. The molecule has 1 amide bonds. The molecule has 0 aliphatic heterocycles. The topological polar surface area (TPSA) is 85.1 Å². The summed E-state index contributed by atoms with van der Waals surface area (Å²) < 4.78 is 14.8. The van der Waals surface area contributed by atoms with E-state index in [9.17, 15) is 9.18 Å². The van der Waals surface area contributed by atoms with Crippen LogP contribution in [0.3, 0.4) is 0 Å². The van der Waals surface area contributed by atoms with E-state index >= 15 is 0 Å². The number of nitrogens with one attached hydrogen (secondary N) is 1. The average molecular weight is 428 g/mol. The molecule has 3 aromatic carbocycles. The predicted octanol–water partition coefficient (Wildman–Crippen LogP) is 3.47. The molecule has 0 saturated heterocycles. The molecule has 1 N–H and O–H groups in total. The van der Waals surface area contributed by atoms with E-state index in [1.807, 2.05) is 60.7 Å². The van der Waals surface area contributed by atoms with Gasteiger partial charge in [0.15, 0.2) is 0 Å². The lowest BCUT2D eigenvalue weighted by Crippen LogP contribution is -2.33. The number of aryl methyl sites for hydroxylation is 1. The number of halogens is 1. The number of hydrogen-bond acceptors (Lipinski definition) is 5. The Morgan fingerprint density at radius 1 is 0.969 bits per heavy atom. The first-order valence-electron chi connectivity index (χ1n) is 10.1. The van der Waals surface area contributed by atoms with Gasteiger partial charge >= 0.3 is 0 Å². The Kier molecular flexibility index (Phi) is 6.41. The van der Waals surface area contributed by atoms with Crippen LogP contribution in [-0.2, 0) is 11.2 Å². The van der Waals surface area contributed by atoms with Gasteiger partial charge in [0, 0.05) is 17.5 Å². The van der Waals surface area contributed by atoms with E-state index in [0.29, 0.717) is 11.5 Å². The van der Waals surface area contributed by atoms with Crippen molar-refractivity contribution in [2.24, 2.45) is 5.10 Å². The van der Waals surface area contributed by atoms with Crippen LogP contribution in [0.5, 0.6) is 0 Å². The summed E-state index contributed by atoms with van der Waals surface area (Å²) >= 11 is 0. The zero-order valence-corrected chi connectivity index (χ0v) is 17.4. The fourth-order valence-corrected chi connectivity index (χ4v) is 3.33. The maximum atomic E-state index is 13.3. The first-order chi connectivity index (χ1) is 15.6. The number of rotatable bonds is 7. The zero-order chi connectivity index (χ0) is 22.3. The van der Waals surface area contributed by atoms with Crippen LogP contribution >= 0.6 is 0 Å². The van der Waals surface area contributed by atoms with Crippen molar-refractivity contribution in [2.45, 2.75) is 19.4 Å². The molecular formula is C24H21FN6O. The fourth-order valence-electron chi connectivity index (χ4n) is 3.33. The van der Waals surface area contributed by atoms with E-state index in [1.54, 1.807) is 19.1 Å². The predicted molar refractivity (Wildman–Crippen MR) is 118 cm³/mol. The van der Waals surface area contributed by atoms with Crippen molar-refractivity contribution < 1.29 is 9.18 Å². The Bertz CT molecular complexity index is 1160. The summed E-state index contributed by atoms with van der Waals surface area (Å²) in [7, 11) is 0. The average Bonchev–Trinajstić information content (AvgIpc) is 3.25. The second kappa shape index (κ2) is 9.74. The van der Waals surface area contributed by atoms with Crippen molar-refractivity contribution in [2.75, 3.05) is 0 Å². The Morgan fingerprint density at radius 3 is 2.09 bits per heavy atom. The van der Waals surface area contributed by atoms with Crippen LogP contribution in [0.4, 0.5) is 4.39 Å². The summed E-state index contributed by atoms with van der Waals surface area (Å²) in [5, 5.41) is 16.0. The standard InChI is InChI=1S/C24H21FN6O/c1-17-26-29-30-31(17)22(16-18-12-14-21(25)15-13-18)24(32)28-27-23(19-8-4-2-5-9-19)20-10-6-3-7-11-20/h2-15,22H,16H2,1H3,(H,28,32). The van der Waals surface area contributed by atoms with E-state index in [4.69, 9.17) is 0 Å². The fraction of sp³-hybridized carbons (Fsp3) is 0.125. The molecule has 160 valence electrons. The van der Waals surface area contributed by atoms with Gasteiger partial charge in [-0.15, -0.1) is 5.10 Å². The van der Waals surface area contributed by atoms with Crippen LogP contribution in [0.15, 0.2) is 90.0 Å². The molecule has 32 heavy (non-hydrogen) atoms. The van der Waals surface area contributed by atoms with Crippen molar-refractivity contribution in [3.63, 3.8) is 0 Å². The van der Waals surface area contributed by atoms with Crippen LogP contribution in [-0.4, -0.2) is 31.8 Å². The number of tetrazole rings is 1. The van der Waals surface area contributed by atoms with Gasteiger partial charge in [-0.1, -0.05) is 72.8 Å². The summed E-state index contributed by atoms with van der Waals surface area (Å²) in [6.07, 6.45) is 0.277. The van der Waals surface area contributed by atoms with Crippen molar-refractivity contribution in [1.82, 2.24) is 25.6 Å². The van der Waals surface area contributed by atoms with Gasteiger partial charge in [-0.2, -0.15) is 5.10 Å². The molecule has 1 atom stereocenters. The summed E-state index contributed by atoms with van der Waals surface area (Å²) in [5.74, 6) is -0.231. The third-order valence-electron chi connectivity index (χ3n) is 4.97. The Hall–Kier alpha value is -4.20. The van der Waals surface area contributed by atoms with Crippen molar-refractivity contribution in [3.05, 3.63) is 113 Å². The molecule has 0 radical (unpaired) electrons. The van der Waals surface area contributed by atoms with Gasteiger partial charge in [0.2, 0.25) is 0 Å². The van der Waals surface area contributed by atoms with Crippen molar-refractivity contribution >= 4 is 11.6 Å². The van der Waals surface area contributed by atoms with Crippen LogP contribution in [0.25, 0.3) is 0 Å². The molecule has 0 bridgehead atoms. The maximum absolute atomic E-state index is 13.3. The lowest BCUT2D eigenvalue weighted by molar-refractivity contribution is -0.124. The molecule has 1 unspecified atom stereocenters. The maximum Gasteiger partial charge on any atom is 0.265 e. The highest BCUT2D eigenvalue weighted by Gasteiger charge is 2.24. The Morgan fingerprint density at radius 2 is 1.56 bits per heavy atom. The van der Waals surface area contributed by atoms with E-state index in [-0.39, 0.29) is 18.1 Å². The number of carbonyl (C=O) groups is 1. The highest BCUT2D eigenvalue weighted by molar-refractivity contribution is 6.13. The molecule has 0 aliphatic carbocycles. The van der Waals surface area contributed by atoms with Gasteiger partial charge in [0.25, 0.3) is 5.91 Å². The van der Waals surface area contributed by atoms with Crippen LogP contribution in [0.1, 0.15) is 28.6 Å². The largest absolute Gasteiger partial charge is 0.271 e. The lowest BCUT2D eigenvalue weighted by Gasteiger charge is -2.17. The number of hydrazone groups is 1. The lowest BCUT2D eigenvalue weighted by atomic mass is 10.0. The number of carbonyl (C=O) groups excluding carboxylic acids is 1. The number of benzene rings is 3. The smallest absolute Gasteiger partial charge is 0.265 e. The zero-order valence-electron chi connectivity index (χ0n) is 17.4. The second-order valence-corrected chi connectivity index (χ2v) is 7.19. The molecule has 4 rings (SSSR count). The number of amides is 1. The third-order valence-corrected chi connectivity index (χ3v) is 4.97.